The maximum Gasteiger partial charge on any atom is 0.325 e. The summed E-state index contributed by atoms with van der Waals surface area (Å²) in [5, 5.41) is 0. The molecule has 1 aromatic heterocycles. The van der Waals surface area contributed by atoms with Crippen molar-refractivity contribution in [1.29, 1.82) is 0 Å². The van der Waals surface area contributed by atoms with Gasteiger partial charge in [-0.1, -0.05) is 47.7 Å². The number of hydrogen-bond acceptors (Lipinski definition) is 7. The van der Waals surface area contributed by atoms with Gasteiger partial charge in [0.1, 0.15) is 17.8 Å². The molecule has 1 amide bonds. The first-order chi connectivity index (χ1) is 18.2. The van der Waals surface area contributed by atoms with Gasteiger partial charge in [0.05, 0.1) is 23.3 Å². The largest absolute Gasteiger partial charge is 0.492 e. The van der Waals surface area contributed by atoms with E-state index in [4.69, 9.17) is 9.47 Å². The van der Waals surface area contributed by atoms with Crippen molar-refractivity contribution in [1.82, 2.24) is 8.87 Å². The number of nitrogens with zero attached hydrogens (tertiary/aromatic N) is 3. The second-order valence-electron chi connectivity index (χ2n) is 8.27. The van der Waals surface area contributed by atoms with Gasteiger partial charge in [0.15, 0.2) is 4.80 Å². The first-order valence-electron chi connectivity index (χ1n) is 11.8. The zero-order chi connectivity index (χ0) is 27.3. The number of hydrogen-bond donors (Lipinski definition) is 0. The molecule has 0 radical (unpaired) electrons. The van der Waals surface area contributed by atoms with Crippen LogP contribution in [0.1, 0.15) is 22.8 Å². The molecule has 1 heterocycles. The predicted octanol–water partition coefficient (Wildman–Crippen LogP) is 3.84. The summed E-state index contributed by atoms with van der Waals surface area (Å²) in [6.07, 6.45) is 0. The number of aromatic nitrogens is 1. The molecule has 0 unspecified atom stereocenters. The average Bonchev–Trinajstić information content (AvgIpc) is 3.26. The summed E-state index contributed by atoms with van der Waals surface area (Å²) in [6, 6.07) is 20.4. The Morgan fingerprint density at radius 2 is 1.71 bits per heavy atom. The molecule has 4 rings (SSSR count). The maximum atomic E-state index is 13.1. The highest BCUT2D eigenvalue weighted by molar-refractivity contribution is 7.89. The van der Waals surface area contributed by atoms with Crippen LogP contribution in [0.2, 0.25) is 0 Å². The van der Waals surface area contributed by atoms with Crippen LogP contribution in [0.3, 0.4) is 0 Å². The minimum Gasteiger partial charge on any atom is -0.492 e. The Morgan fingerprint density at radius 1 is 1.00 bits per heavy atom. The Kier molecular flexibility index (Phi) is 8.40. The van der Waals surface area contributed by atoms with E-state index in [1.54, 1.807) is 10.6 Å². The number of methoxy groups -OCH3 is 1. The third-order valence-electron chi connectivity index (χ3n) is 5.73. The van der Waals surface area contributed by atoms with Crippen LogP contribution in [0.5, 0.6) is 5.75 Å². The standard InChI is InChI=1S/C27H27N3O6S2/c1-4-36-22-11-8-12-23-25(22)30(18-24(31)35-3)27(37-23)28-26(32)20-13-15-21(16-14-20)38(33,34)29(2)17-19-9-6-5-7-10-19/h5-16H,4,17-18H2,1-3H3. The van der Waals surface area contributed by atoms with Crippen LogP contribution < -0.4 is 9.54 Å². The second-order valence-corrected chi connectivity index (χ2v) is 11.3. The number of amides is 1. The topological polar surface area (TPSA) is 107 Å². The van der Waals surface area contributed by atoms with Crippen molar-refractivity contribution in [3.63, 3.8) is 0 Å². The van der Waals surface area contributed by atoms with Gasteiger partial charge in [-0.2, -0.15) is 9.30 Å². The summed E-state index contributed by atoms with van der Waals surface area (Å²) in [5.41, 5.74) is 1.71. The number of carbonyl (C=O) groups excluding carboxylic acids is 2. The van der Waals surface area contributed by atoms with E-state index in [0.29, 0.717) is 22.7 Å². The highest BCUT2D eigenvalue weighted by atomic mass is 32.2. The summed E-state index contributed by atoms with van der Waals surface area (Å²) in [5.74, 6) is -0.512. The van der Waals surface area contributed by atoms with E-state index >= 15 is 0 Å². The smallest absolute Gasteiger partial charge is 0.325 e. The quantitative estimate of drug-likeness (QED) is 0.292. The number of benzene rings is 3. The van der Waals surface area contributed by atoms with Gasteiger partial charge < -0.3 is 14.0 Å². The van der Waals surface area contributed by atoms with Gasteiger partial charge in [-0.05, 0) is 48.9 Å². The van der Waals surface area contributed by atoms with E-state index in [1.807, 2.05) is 49.4 Å². The van der Waals surface area contributed by atoms with E-state index in [2.05, 4.69) is 4.99 Å². The van der Waals surface area contributed by atoms with E-state index in [-0.39, 0.29) is 23.5 Å². The minimum atomic E-state index is -3.77. The zero-order valence-corrected chi connectivity index (χ0v) is 22.8. The van der Waals surface area contributed by atoms with E-state index in [1.165, 1.54) is 54.1 Å². The Hall–Kier alpha value is -3.80. The normalized spacial score (nSPS) is 12.2. The van der Waals surface area contributed by atoms with Gasteiger partial charge in [-0.3, -0.25) is 9.59 Å². The van der Waals surface area contributed by atoms with Crippen molar-refractivity contribution < 1.29 is 27.5 Å². The number of esters is 1. The van der Waals surface area contributed by atoms with Crippen molar-refractivity contribution in [3.8, 4) is 5.75 Å². The molecule has 0 aliphatic rings. The number of ether oxygens (including phenoxy) is 2. The number of para-hydroxylation sites is 1. The first kappa shape index (κ1) is 27.2. The molecule has 0 saturated heterocycles. The Balaban J connectivity index is 1.65. The van der Waals surface area contributed by atoms with Crippen LogP contribution in [-0.2, 0) is 32.6 Å². The molecular formula is C27H27N3O6S2. The molecule has 3 aromatic carbocycles. The molecule has 0 N–H and O–H groups in total. The average molecular weight is 554 g/mol. The fraction of sp³-hybridized carbons (Fsp3) is 0.222. The van der Waals surface area contributed by atoms with Gasteiger partial charge in [0, 0.05) is 19.2 Å². The van der Waals surface area contributed by atoms with E-state index in [0.717, 1.165) is 10.3 Å². The van der Waals surface area contributed by atoms with Gasteiger partial charge in [0.2, 0.25) is 10.0 Å². The molecule has 0 fully saturated rings. The summed E-state index contributed by atoms with van der Waals surface area (Å²) >= 11 is 1.24. The van der Waals surface area contributed by atoms with Crippen LogP contribution in [0.15, 0.2) is 82.7 Å². The minimum absolute atomic E-state index is 0.0662. The Morgan fingerprint density at radius 3 is 2.37 bits per heavy atom. The molecule has 198 valence electrons. The van der Waals surface area contributed by atoms with Crippen LogP contribution in [0.25, 0.3) is 10.2 Å². The van der Waals surface area contributed by atoms with Crippen molar-refractivity contribution in [2.45, 2.75) is 24.9 Å². The van der Waals surface area contributed by atoms with Crippen molar-refractivity contribution in [3.05, 3.63) is 88.7 Å². The number of rotatable bonds is 9. The molecule has 0 aliphatic carbocycles. The molecule has 0 atom stereocenters. The van der Waals surface area contributed by atoms with Gasteiger partial charge in [-0.25, -0.2) is 8.42 Å². The number of carbonyl (C=O) groups is 2. The zero-order valence-electron chi connectivity index (χ0n) is 21.2. The third-order valence-corrected chi connectivity index (χ3v) is 8.59. The lowest BCUT2D eigenvalue weighted by Gasteiger charge is -2.17. The Bertz CT molecular complexity index is 1630. The fourth-order valence-corrected chi connectivity index (χ4v) is 6.03. The van der Waals surface area contributed by atoms with E-state index in [9.17, 15) is 18.0 Å². The molecule has 0 aliphatic heterocycles. The van der Waals surface area contributed by atoms with Crippen LogP contribution in [0, 0.1) is 0 Å². The highest BCUT2D eigenvalue weighted by Gasteiger charge is 2.22. The van der Waals surface area contributed by atoms with Crippen molar-refractivity contribution in [2.75, 3.05) is 20.8 Å². The lowest BCUT2D eigenvalue weighted by molar-refractivity contribution is -0.141. The van der Waals surface area contributed by atoms with Crippen LogP contribution in [0.4, 0.5) is 0 Å². The van der Waals surface area contributed by atoms with Gasteiger partial charge in [-0.15, -0.1) is 0 Å². The molecule has 11 heteroatoms. The second kappa shape index (κ2) is 11.7. The molecule has 0 bridgehead atoms. The molecule has 38 heavy (non-hydrogen) atoms. The van der Waals surface area contributed by atoms with Crippen LogP contribution in [-0.4, -0.2) is 49.9 Å². The molecule has 9 nitrogen and oxygen atoms in total. The molecule has 0 saturated carbocycles. The summed E-state index contributed by atoms with van der Waals surface area (Å²) in [6.45, 7) is 2.34. The summed E-state index contributed by atoms with van der Waals surface area (Å²) in [7, 11) is -0.969. The SMILES string of the molecule is CCOc1cccc2sc(=NC(=O)c3ccc(S(=O)(=O)N(C)Cc4ccccc4)cc3)n(CC(=O)OC)c12. The number of thiazole rings is 1. The maximum absolute atomic E-state index is 13.1. The monoisotopic (exact) mass is 553 g/mol. The molecule has 0 spiro atoms. The summed E-state index contributed by atoms with van der Waals surface area (Å²) < 4.78 is 40.3. The van der Waals surface area contributed by atoms with Crippen molar-refractivity contribution >= 4 is 43.5 Å². The lowest BCUT2D eigenvalue weighted by atomic mass is 10.2. The van der Waals surface area contributed by atoms with Gasteiger partial charge in [0.25, 0.3) is 5.91 Å². The van der Waals surface area contributed by atoms with E-state index < -0.39 is 21.9 Å². The van der Waals surface area contributed by atoms with Crippen molar-refractivity contribution in [2.24, 2.45) is 4.99 Å². The van der Waals surface area contributed by atoms with Crippen LogP contribution >= 0.6 is 11.3 Å². The highest BCUT2D eigenvalue weighted by Crippen LogP contribution is 2.28. The summed E-state index contributed by atoms with van der Waals surface area (Å²) in [4.78, 5) is 29.8. The fourth-order valence-electron chi connectivity index (χ4n) is 3.82. The molecule has 4 aromatic rings. The first-order valence-corrected chi connectivity index (χ1v) is 14.0. The lowest BCUT2D eigenvalue weighted by Crippen LogP contribution is -2.26. The van der Waals surface area contributed by atoms with Gasteiger partial charge >= 0.3 is 5.97 Å². The Labute approximate surface area is 224 Å². The molecular weight excluding hydrogens is 526 g/mol. The number of fused-ring (bicyclic) bond motifs is 1. The predicted molar refractivity (Wildman–Crippen MR) is 144 cm³/mol. The third kappa shape index (κ3) is 5.85. The number of sulfonamides is 1.